The number of aromatic nitrogens is 5. The standard InChI is InChI=1S/C12H7F3N6O2S2/c13-12(14,15)9-19-20-10(25-9)17-7(22)5-24-11-21-18-8(23-11)6-2-1-3-16-4-6/h1-4H,5H2,(H,17,20,22). The predicted octanol–water partition coefficient (Wildman–Crippen LogP) is 2.73. The molecule has 0 unspecified atom stereocenters. The molecule has 8 nitrogen and oxygen atoms in total. The van der Waals surface area contributed by atoms with Crippen LogP contribution in [0, 0.1) is 0 Å². The summed E-state index contributed by atoms with van der Waals surface area (Å²) in [5.74, 6) is -0.471. The zero-order valence-electron chi connectivity index (χ0n) is 12.0. The molecule has 3 aromatic rings. The van der Waals surface area contributed by atoms with Crippen molar-refractivity contribution in [2.24, 2.45) is 0 Å². The lowest BCUT2D eigenvalue weighted by Crippen LogP contribution is -2.13. The molecule has 0 saturated carbocycles. The molecule has 3 aromatic heterocycles. The van der Waals surface area contributed by atoms with E-state index in [2.05, 4.69) is 30.7 Å². The molecule has 13 heteroatoms. The van der Waals surface area contributed by atoms with Gasteiger partial charge < -0.3 is 4.42 Å². The Hall–Kier alpha value is -2.54. The van der Waals surface area contributed by atoms with E-state index in [-0.39, 0.29) is 33.3 Å². The number of nitrogens with zero attached hydrogens (tertiary/aromatic N) is 5. The van der Waals surface area contributed by atoms with E-state index >= 15 is 0 Å². The van der Waals surface area contributed by atoms with Crippen LogP contribution in [0.15, 0.2) is 34.2 Å². The van der Waals surface area contributed by atoms with E-state index in [0.29, 0.717) is 5.56 Å². The van der Waals surface area contributed by atoms with Crippen molar-refractivity contribution in [3.05, 3.63) is 29.5 Å². The zero-order valence-corrected chi connectivity index (χ0v) is 13.7. The van der Waals surface area contributed by atoms with Crippen molar-refractivity contribution in [2.75, 3.05) is 11.1 Å². The van der Waals surface area contributed by atoms with Crippen molar-refractivity contribution in [3.8, 4) is 11.5 Å². The van der Waals surface area contributed by atoms with E-state index in [4.69, 9.17) is 4.42 Å². The van der Waals surface area contributed by atoms with Gasteiger partial charge in [0.25, 0.3) is 5.22 Å². The van der Waals surface area contributed by atoms with E-state index in [1.807, 2.05) is 0 Å². The van der Waals surface area contributed by atoms with Crippen LogP contribution in [0.3, 0.4) is 0 Å². The van der Waals surface area contributed by atoms with Crippen LogP contribution in [0.5, 0.6) is 0 Å². The van der Waals surface area contributed by atoms with Gasteiger partial charge in [0.1, 0.15) is 0 Å². The van der Waals surface area contributed by atoms with Crippen molar-refractivity contribution < 1.29 is 22.4 Å². The molecule has 1 amide bonds. The second kappa shape index (κ2) is 7.14. The third-order valence-corrected chi connectivity index (χ3v) is 4.26. The molecular formula is C12H7F3N6O2S2. The molecule has 3 heterocycles. The number of alkyl halides is 3. The molecule has 0 aliphatic carbocycles. The number of thioether (sulfide) groups is 1. The largest absolute Gasteiger partial charge is 0.445 e. The van der Waals surface area contributed by atoms with Crippen LogP contribution >= 0.6 is 23.1 Å². The van der Waals surface area contributed by atoms with Gasteiger partial charge in [-0.1, -0.05) is 23.1 Å². The number of hydrogen-bond acceptors (Lipinski definition) is 9. The zero-order chi connectivity index (χ0) is 17.9. The Morgan fingerprint density at radius 2 is 2.12 bits per heavy atom. The van der Waals surface area contributed by atoms with Gasteiger partial charge in [0.2, 0.25) is 21.9 Å². The molecule has 0 fully saturated rings. The average molecular weight is 388 g/mol. The minimum Gasteiger partial charge on any atom is -0.411 e. The molecular weight excluding hydrogens is 381 g/mol. The Balaban J connectivity index is 1.54. The van der Waals surface area contributed by atoms with E-state index in [1.54, 1.807) is 24.5 Å². The summed E-state index contributed by atoms with van der Waals surface area (Å²) in [4.78, 5) is 15.7. The predicted molar refractivity (Wildman–Crippen MR) is 81.8 cm³/mol. The molecule has 0 saturated heterocycles. The van der Waals surface area contributed by atoms with Crippen LogP contribution in [0.25, 0.3) is 11.5 Å². The molecule has 0 aromatic carbocycles. The van der Waals surface area contributed by atoms with E-state index in [0.717, 1.165) is 11.8 Å². The van der Waals surface area contributed by atoms with Crippen LogP contribution in [0.4, 0.5) is 18.3 Å². The Morgan fingerprint density at radius 3 is 2.80 bits per heavy atom. The van der Waals surface area contributed by atoms with Gasteiger partial charge in [-0.25, -0.2) is 0 Å². The highest BCUT2D eigenvalue weighted by Gasteiger charge is 2.35. The molecule has 0 bridgehead atoms. The van der Waals surface area contributed by atoms with E-state index < -0.39 is 17.1 Å². The van der Waals surface area contributed by atoms with Crippen molar-refractivity contribution in [1.82, 2.24) is 25.4 Å². The monoisotopic (exact) mass is 388 g/mol. The average Bonchev–Trinajstić information content (AvgIpc) is 3.23. The molecule has 25 heavy (non-hydrogen) atoms. The van der Waals surface area contributed by atoms with Gasteiger partial charge in [0, 0.05) is 12.4 Å². The second-order valence-electron chi connectivity index (χ2n) is 4.36. The lowest BCUT2D eigenvalue weighted by Gasteiger charge is -1.99. The Bertz CT molecular complexity index is 867. The third kappa shape index (κ3) is 4.51. The van der Waals surface area contributed by atoms with Crippen LogP contribution < -0.4 is 5.32 Å². The number of carbonyl (C=O) groups is 1. The summed E-state index contributed by atoms with van der Waals surface area (Å²) in [7, 11) is 0. The highest BCUT2D eigenvalue weighted by Crippen LogP contribution is 2.33. The van der Waals surface area contributed by atoms with Crippen LogP contribution in [-0.2, 0) is 11.0 Å². The normalized spacial score (nSPS) is 11.5. The molecule has 130 valence electrons. The first-order valence-electron chi connectivity index (χ1n) is 6.49. The number of anilines is 1. The van der Waals surface area contributed by atoms with Gasteiger partial charge in [0.05, 0.1) is 11.3 Å². The molecule has 0 atom stereocenters. The van der Waals surface area contributed by atoms with Crippen molar-refractivity contribution in [3.63, 3.8) is 0 Å². The van der Waals surface area contributed by atoms with Gasteiger partial charge in [-0.2, -0.15) is 13.2 Å². The van der Waals surface area contributed by atoms with Gasteiger partial charge in [0.15, 0.2) is 0 Å². The third-order valence-electron chi connectivity index (χ3n) is 2.56. The molecule has 0 aliphatic rings. The Morgan fingerprint density at radius 1 is 1.28 bits per heavy atom. The number of hydrogen-bond donors (Lipinski definition) is 1. The summed E-state index contributed by atoms with van der Waals surface area (Å²) >= 11 is 1.18. The lowest BCUT2D eigenvalue weighted by molar-refractivity contribution is -0.138. The summed E-state index contributed by atoms with van der Waals surface area (Å²) in [6, 6.07) is 3.44. The fourth-order valence-electron chi connectivity index (χ4n) is 1.54. The highest BCUT2D eigenvalue weighted by atomic mass is 32.2. The van der Waals surface area contributed by atoms with Crippen LogP contribution in [0.1, 0.15) is 5.01 Å². The fourth-order valence-corrected chi connectivity index (χ4v) is 2.74. The summed E-state index contributed by atoms with van der Waals surface area (Å²) in [5.41, 5.74) is 0.625. The van der Waals surface area contributed by atoms with Crippen molar-refractivity contribution in [2.45, 2.75) is 11.4 Å². The van der Waals surface area contributed by atoms with E-state index in [9.17, 15) is 18.0 Å². The van der Waals surface area contributed by atoms with Gasteiger partial charge in [-0.3, -0.25) is 15.1 Å². The van der Waals surface area contributed by atoms with Gasteiger partial charge >= 0.3 is 6.18 Å². The first-order chi connectivity index (χ1) is 11.9. The maximum Gasteiger partial charge on any atom is 0.445 e. The summed E-state index contributed by atoms with van der Waals surface area (Å²) < 4.78 is 42.6. The van der Waals surface area contributed by atoms with Gasteiger partial charge in [-0.15, -0.1) is 20.4 Å². The number of halogens is 3. The minimum absolute atomic E-state index is 0.141. The topological polar surface area (TPSA) is 107 Å². The molecule has 0 aliphatic heterocycles. The number of amides is 1. The number of pyridine rings is 1. The van der Waals surface area contributed by atoms with Gasteiger partial charge in [-0.05, 0) is 12.1 Å². The van der Waals surface area contributed by atoms with Crippen LogP contribution in [-0.4, -0.2) is 37.0 Å². The maximum absolute atomic E-state index is 12.4. The lowest BCUT2D eigenvalue weighted by atomic mass is 10.3. The van der Waals surface area contributed by atoms with Crippen LogP contribution in [0.2, 0.25) is 0 Å². The minimum atomic E-state index is -4.60. The highest BCUT2D eigenvalue weighted by molar-refractivity contribution is 7.99. The maximum atomic E-state index is 12.4. The fraction of sp³-hybridized carbons (Fsp3) is 0.167. The van der Waals surface area contributed by atoms with Crippen molar-refractivity contribution >= 4 is 34.1 Å². The molecule has 0 spiro atoms. The molecule has 3 rings (SSSR count). The second-order valence-corrected chi connectivity index (χ2v) is 6.27. The number of carbonyl (C=O) groups excluding carboxylic acids is 1. The molecule has 1 N–H and O–H groups in total. The summed E-state index contributed by atoms with van der Waals surface area (Å²) in [6.45, 7) is 0. The summed E-state index contributed by atoms with van der Waals surface area (Å²) in [6.07, 6.45) is -1.46. The Labute approximate surface area is 145 Å². The Kier molecular flexibility index (Phi) is 4.94. The summed E-state index contributed by atoms with van der Waals surface area (Å²) in [5, 5.41) is 14.8. The molecule has 0 radical (unpaired) electrons. The first-order valence-corrected chi connectivity index (χ1v) is 8.29. The van der Waals surface area contributed by atoms with E-state index in [1.165, 1.54) is 0 Å². The smallest absolute Gasteiger partial charge is 0.411 e. The SMILES string of the molecule is O=C(CSc1nnc(-c2cccnc2)o1)Nc1nnc(C(F)(F)F)s1. The number of rotatable bonds is 5. The quantitative estimate of drug-likeness (QED) is 0.665. The number of nitrogens with one attached hydrogen (secondary N) is 1. The first kappa shape index (κ1) is 17.3. The van der Waals surface area contributed by atoms with Crippen molar-refractivity contribution in [1.29, 1.82) is 0 Å².